The van der Waals surface area contributed by atoms with Crippen LogP contribution in [-0.4, -0.2) is 67.0 Å². The number of rotatable bonds is 8. The van der Waals surface area contributed by atoms with Crippen LogP contribution in [0.5, 0.6) is 0 Å². The quantitative estimate of drug-likeness (QED) is 0.476. The molecular weight excluding hydrogens is 363 g/mol. The van der Waals surface area contributed by atoms with Crippen LogP contribution < -0.4 is 10.5 Å². The van der Waals surface area contributed by atoms with Gasteiger partial charge in [-0.15, -0.1) is 0 Å². The highest BCUT2D eigenvalue weighted by atomic mass is 32.2. The standard InChI is InChI=1S/C15H23FN6O3S/c1-26-21-8(5-16)3-2-4-9-11(23)12(24)15(25-9)22-7-20-10-13(17)18-6-19-14(10)22/h6-9,11-12,15,21,23-24H,2-5H2,1H3,(H2,17,18,19)/t8-,9+,11+,12+,15+/m0/s1. The van der Waals surface area contributed by atoms with Gasteiger partial charge in [-0.2, -0.15) is 0 Å². The first kappa shape index (κ1) is 19.2. The number of fused-ring (bicyclic) bond motifs is 1. The van der Waals surface area contributed by atoms with Crippen molar-refractivity contribution < 1.29 is 19.3 Å². The summed E-state index contributed by atoms with van der Waals surface area (Å²) in [5, 5.41) is 20.7. The number of nitrogen functional groups attached to an aromatic ring is 1. The number of nitrogens with zero attached hydrogens (tertiary/aromatic N) is 4. The second-order valence-corrected chi connectivity index (χ2v) is 6.88. The lowest BCUT2D eigenvalue weighted by Gasteiger charge is -2.17. The zero-order valence-electron chi connectivity index (χ0n) is 14.3. The summed E-state index contributed by atoms with van der Waals surface area (Å²) in [5.41, 5.74) is 6.61. The maximum absolute atomic E-state index is 12.9. The third kappa shape index (κ3) is 3.76. The number of anilines is 1. The Bertz CT molecular complexity index is 734. The van der Waals surface area contributed by atoms with E-state index in [2.05, 4.69) is 19.7 Å². The highest BCUT2D eigenvalue weighted by Crippen LogP contribution is 2.34. The number of halogens is 1. The first-order valence-corrected chi connectivity index (χ1v) is 9.58. The van der Waals surface area contributed by atoms with E-state index in [4.69, 9.17) is 10.5 Å². The molecule has 0 radical (unpaired) electrons. The number of aromatic nitrogens is 4. The fourth-order valence-electron chi connectivity index (χ4n) is 3.15. The Morgan fingerprint density at radius 1 is 1.38 bits per heavy atom. The molecule has 3 heterocycles. The van der Waals surface area contributed by atoms with Crippen molar-refractivity contribution in [2.24, 2.45) is 0 Å². The third-order valence-corrected chi connectivity index (χ3v) is 5.08. The molecule has 0 amide bonds. The zero-order chi connectivity index (χ0) is 18.7. The van der Waals surface area contributed by atoms with Crippen LogP contribution in [0.3, 0.4) is 0 Å². The van der Waals surface area contributed by atoms with Gasteiger partial charge in [-0.05, 0) is 25.5 Å². The van der Waals surface area contributed by atoms with E-state index >= 15 is 0 Å². The topological polar surface area (TPSA) is 131 Å². The average molecular weight is 386 g/mol. The Balaban J connectivity index is 1.66. The molecule has 11 heteroatoms. The van der Waals surface area contributed by atoms with E-state index in [1.807, 2.05) is 6.26 Å². The molecule has 0 spiro atoms. The number of imidazole rings is 1. The molecule has 1 fully saturated rings. The van der Waals surface area contributed by atoms with Gasteiger partial charge in [0.15, 0.2) is 17.7 Å². The molecular formula is C15H23FN6O3S. The van der Waals surface area contributed by atoms with E-state index in [0.717, 1.165) is 0 Å². The number of nitrogens with one attached hydrogen (secondary N) is 1. The van der Waals surface area contributed by atoms with E-state index in [9.17, 15) is 14.6 Å². The summed E-state index contributed by atoms with van der Waals surface area (Å²) in [6.07, 6.45) is 2.83. The Hall–Kier alpha value is -1.53. The van der Waals surface area contributed by atoms with Gasteiger partial charge in [-0.25, -0.2) is 19.3 Å². The van der Waals surface area contributed by atoms with Crippen molar-refractivity contribution in [3.63, 3.8) is 0 Å². The van der Waals surface area contributed by atoms with Crippen molar-refractivity contribution in [1.82, 2.24) is 24.2 Å². The molecule has 3 rings (SSSR count). The molecule has 26 heavy (non-hydrogen) atoms. The summed E-state index contributed by atoms with van der Waals surface area (Å²) < 4.78 is 23.3. The summed E-state index contributed by atoms with van der Waals surface area (Å²) in [6, 6.07) is -0.235. The van der Waals surface area contributed by atoms with Gasteiger partial charge in [0.25, 0.3) is 0 Å². The van der Waals surface area contributed by atoms with Crippen molar-refractivity contribution >= 4 is 28.9 Å². The molecule has 9 nitrogen and oxygen atoms in total. The van der Waals surface area contributed by atoms with Gasteiger partial charge in [0, 0.05) is 6.04 Å². The minimum Gasteiger partial charge on any atom is -0.388 e. The highest BCUT2D eigenvalue weighted by molar-refractivity contribution is 7.96. The van der Waals surface area contributed by atoms with Gasteiger partial charge in [-0.1, -0.05) is 11.9 Å². The number of ether oxygens (including phenoxy) is 1. The summed E-state index contributed by atoms with van der Waals surface area (Å²) >= 11 is 1.38. The van der Waals surface area contributed by atoms with Crippen LogP contribution in [0.25, 0.3) is 11.2 Å². The summed E-state index contributed by atoms with van der Waals surface area (Å²) in [7, 11) is 0. The molecule has 0 bridgehead atoms. The molecule has 144 valence electrons. The van der Waals surface area contributed by atoms with Gasteiger partial charge in [0.2, 0.25) is 0 Å². The molecule has 2 aromatic rings. The molecule has 1 saturated heterocycles. The second-order valence-electron chi connectivity index (χ2n) is 6.23. The molecule has 0 aromatic carbocycles. The lowest BCUT2D eigenvalue weighted by molar-refractivity contribution is -0.0376. The summed E-state index contributed by atoms with van der Waals surface area (Å²) in [4.78, 5) is 12.2. The first-order valence-electron chi connectivity index (χ1n) is 8.35. The molecule has 0 aliphatic carbocycles. The first-order chi connectivity index (χ1) is 12.6. The minimum atomic E-state index is -1.13. The molecule has 1 aliphatic rings. The molecule has 2 aromatic heterocycles. The predicted molar refractivity (Wildman–Crippen MR) is 95.9 cm³/mol. The number of aliphatic hydroxyl groups excluding tert-OH is 2. The maximum Gasteiger partial charge on any atom is 0.167 e. The van der Waals surface area contributed by atoms with E-state index in [1.165, 1.54) is 24.6 Å². The van der Waals surface area contributed by atoms with Crippen LogP contribution >= 0.6 is 11.9 Å². The maximum atomic E-state index is 12.9. The van der Waals surface area contributed by atoms with E-state index in [0.29, 0.717) is 30.4 Å². The van der Waals surface area contributed by atoms with Gasteiger partial charge in [0.05, 0.1) is 12.4 Å². The Morgan fingerprint density at radius 3 is 2.92 bits per heavy atom. The van der Waals surface area contributed by atoms with Crippen LogP contribution in [0.2, 0.25) is 0 Å². The lowest BCUT2D eigenvalue weighted by Crippen LogP contribution is -2.32. The Kier molecular flexibility index (Phi) is 6.24. The number of hydrogen-bond donors (Lipinski definition) is 4. The molecule has 0 unspecified atom stereocenters. The smallest absolute Gasteiger partial charge is 0.167 e. The van der Waals surface area contributed by atoms with Crippen LogP contribution in [0.4, 0.5) is 10.2 Å². The molecule has 5 N–H and O–H groups in total. The molecule has 1 aliphatic heterocycles. The Morgan fingerprint density at radius 2 is 2.19 bits per heavy atom. The van der Waals surface area contributed by atoms with Crippen molar-refractivity contribution in [3.05, 3.63) is 12.7 Å². The average Bonchev–Trinajstić information content (AvgIpc) is 3.18. The van der Waals surface area contributed by atoms with Gasteiger partial charge < -0.3 is 20.7 Å². The summed E-state index contributed by atoms with van der Waals surface area (Å²) in [5.74, 6) is 0.233. The van der Waals surface area contributed by atoms with Crippen LogP contribution in [0.1, 0.15) is 25.5 Å². The van der Waals surface area contributed by atoms with E-state index in [-0.39, 0.29) is 11.9 Å². The van der Waals surface area contributed by atoms with Crippen molar-refractivity contribution in [2.45, 2.75) is 49.8 Å². The van der Waals surface area contributed by atoms with E-state index in [1.54, 1.807) is 4.57 Å². The fraction of sp³-hybridized carbons (Fsp3) is 0.667. The molecule has 0 saturated carbocycles. The van der Waals surface area contributed by atoms with Crippen molar-refractivity contribution in [2.75, 3.05) is 18.7 Å². The monoisotopic (exact) mass is 386 g/mol. The van der Waals surface area contributed by atoms with Crippen LogP contribution in [-0.2, 0) is 4.74 Å². The number of alkyl halides is 1. The third-order valence-electron chi connectivity index (χ3n) is 4.51. The highest BCUT2D eigenvalue weighted by Gasteiger charge is 2.43. The largest absolute Gasteiger partial charge is 0.388 e. The van der Waals surface area contributed by atoms with Gasteiger partial charge in [0.1, 0.15) is 30.7 Å². The number of hydrogen-bond acceptors (Lipinski definition) is 9. The number of nitrogens with two attached hydrogens (primary N) is 1. The van der Waals surface area contributed by atoms with Crippen LogP contribution in [0, 0.1) is 0 Å². The normalized spacial score (nSPS) is 27.2. The van der Waals surface area contributed by atoms with Crippen molar-refractivity contribution in [3.8, 4) is 0 Å². The molecule has 5 atom stereocenters. The minimum absolute atomic E-state index is 0.233. The zero-order valence-corrected chi connectivity index (χ0v) is 15.1. The second kappa shape index (κ2) is 8.44. The lowest BCUT2D eigenvalue weighted by atomic mass is 10.0. The van der Waals surface area contributed by atoms with Crippen molar-refractivity contribution in [1.29, 1.82) is 0 Å². The Labute approximate surface area is 154 Å². The summed E-state index contributed by atoms with van der Waals surface area (Å²) in [6.45, 7) is -0.456. The van der Waals surface area contributed by atoms with Gasteiger partial charge >= 0.3 is 0 Å². The predicted octanol–water partition coefficient (Wildman–Crippen LogP) is 0.404. The van der Waals surface area contributed by atoms with E-state index < -0.39 is 31.2 Å². The number of aliphatic hydroxyl groups is 2. The van der Waals surface area contributed by atoms with Crippen LogP contribution in [0.15, 0.2) is 12.7 Å². The van der Waals surface area contributed by atoms with Gasteiger partial charge in [-0.3, -0.25) is 9.29 Å². The SMILES string of the molecule is CSN[C@H](CF)CCC[C@H]1O[C@@H](n2cnc3c(N)ncnc32)[C@H](O)[C@@H]1O. The fourth-order valence-corrected chi connectivity index (χ4v) is 3.67.